The van der Waals surface area contributed by atoms with Crippen molar-refractivity contribution in [2.45, 2.75) is 30.1 Å². The summed E-state index contributed by atoms with van der Waals surface area (Å²) in [5.74, 6) is 0.846. The summed E-state index contributed by atoms with van der Waals surface area (Å²) >= 11 is 9.90. The topological polar surface area (TPSA) is 116 Å². The summed E-state index contributed by atoms with van der Waals surface area (Å²) in [7, 11) is -7.01. The number of thiazole rings is 2. The second-order valence-corrected chi connectivity index (χ2v) is 20.9. The summed E-state index contributed by atoms with van der Waals surface area (Å²) in [5.41, 5.74) is 5.35. The molecule has 0 bridgehead atoms. The molecule has 0 amide bonds. The van der Waals surface area contributed by atoms with Gasteiger partial charge in [-0.25, -0.2) is 26.8 Å². The van der Waals surface area contributed by atoms with Crippen molar-refractivity contribution in [1.82, 2.24) is 18.6 Å². The number of nitrogens with zero attached hydrogens (tertiary/aromatic N) is 6. The van der Waals surface area contributed by atoms with E-state index in [1.807, 2.05) is 48.7 Å². The Morgan fingerprint density at radius 2 is 0.983 bits per heavy atom. The number of hydrogen-bond donors (Lipinski definition) is 0. The largest absolute Gasteiger partial charge is 0.494 e. The predicted molar refractivity (Wildman–Crippen MR) is 246 cm³/mol. The summed E-state index contributed by atoms with van der Waals surface area (Å²) < 4.78 is 61.6. The van der Waals surface area contributed by atoms with Crippen LogP contribution in [0.1, 0.15) is 19.4 Å². The fraction of sp³-hybridized carbons (Fsp3) is 0.286. The number of halogens is 2. The molecule has 17 heteroatoms. The van der Waals surface area contributed by atoms with E-state index in [1.54, 1.807) is 67.7 Å². The van der Waals surface area contributed by atoms with Gasteiger partial charge in [0.2, 0.25) is 20.0 Å². The fourth-order valence-electron chi connectivity index (χ4n) is 6.71. The normalized spacial score (nSPS) is 15.5. The molecule has 59 heavy (non-hydrogen) atoms. The molecule has 2 saturated heterocycles. The minimum Gasteiger partial charge on any atom is -0.494 e. The number of aromatic nitrogens is 2. The third-order valence-electron chi connectivity index (χ3n) is 10.0. The molecule has 8 rings (SSSR count). The number of ether oxygens (including phenoxy) is 1. The molecule has 2 aromatic heterocycles. The maximum Gasteiger partial charge on any atom is 0.244 e. The van der Waals surface area contributed by atoms with E-state index < -0.39 is 20.0 Å². The lowest BCUT2D eigenvalue weighted by molar-refractivity contribution is 0.340. The van der Waals surface area contributed by atoms with Crippen LogP contribution >= 0.6 is 54.5 Å². The van der Waals surface area contributed by atoms with Gasteiger partial charge in [0, 0.05) is 83.2 Å². The molecule has 4 aromatic carbocycles. The monoisotopic (exact) mass is 998 g/mol. The van der Waals surface area contributed by atoms with Crippen molar-refractivity contribution in [3.63, 3.8) is 0 Å². The molecule has 2 aliphatic rings. The summed E-state index contributed by atoms with van der Waals surface area (Å²) in [6.45, 7) is 8.99. The smallest absolute Gasteiger partial charge is 0.244 e. The van der Waals surface area contributed by atoms with E-state index in [9.17, 15) is 16.8 Å². The van der Waals surface area contributed by atoms with Gasteiger partial charge < -0.3 is 14.5 Å². The van der Waals surface area contributed by atoms with E-state index >= 15 is 0 Å². The zero-order chi connectivity index (χ0) is 41.6. The van der Waals surface area contributed by atoms with Gasteiger partial charge in [-0.2, -0.15) is 8.61 Å². The second kappa shape index (κ2) is 19.4. The molecule has 11 nitrogen and oxygen atoms in total. The highest BCUT2D eigenvalue weighted by atomic mass is 79.9. The highest BCUT2D eigenvalue weighted by Gasteiger charge is 2.32. The number of piperazine rings is 2. The van der Waals surface area contributed by atoms with Gasteiger partial charge in [0.15, 0.2) is 10.3 Å². The van der Waals surface area contributed by atoms with Crippen LogP contribution in [-0.4, -0.2) is 94.4 Å². The molecule has 0 atom stereocenters. The van der Waals surface area contributed by atoms with Gasteiger partial charge in [-0.1, -0.05) is 55.5 Å². The zero-order valence-electron chi connectivity index (χ0n) is 32.6. The first kappa shape index (κ1) is 43.4. The zero-order valence-corrected chi connectivity index (χ0v) is 39.0. The van der Waals surface area contributed by atoms with Crippen LogP contribution in [0.15, 0.2) is 127 Å². The van der Waals surface area contributed by atoms with Crippen LogP contribution in [0.2, 0.25) is 0 Å². The Morgan fingerprint density at radius 3 is 1.37 bits per heavy atom. The second-order valence-electron chi connectivity index (χ2n) is 13.7. The van der Waals surface area contributed by atoms with E-state index in [-0.39, 0.29) is 0 Å². The highest BCUT2D eigenvalue weighted by molar-refractivity contribution is 9.10. The van der Waals surface area contributed by atoms with Crippen LogP contribution in [-0.2, 0) is 26.5 Å². The maximum atomic E-state index is 13.0. The molecule has 0 spiro atoms. The van der Waals surface area contributed by atoms with Gasteiger partial charge in [0.05, 0.1) is 27.8 Å². The van der Waals surface area contributed by atoms with Crippen molar-refractivity contribution in [2.75, 3.05) is 68.8 Å². The SMILES string of the molecule is CCOc1ccc(-c2csc(N3CCN(S(=O)(=O)c4ccccc4Br)CC3)n2)cc1.CCc1ccc(-c2csc(N3CCN(S(=O)(=O)c4ccccc4Br)CC3)n2)cc1. The van der Waals surface area contributed by atoms with E-state index in [0.717, 1.165) is 44.9 Å². The van der Waals surface area contributed by atoms with E-state index in [4.69, 9.17) is 14.7 Å². The van der Waals surface area contributed by atoms with Crippen molar-refractivity contribution in [2.24, 2.45) is 0 Å². The van der Waals surface area contributed by atoms with Crippen molar-refractivity contribution in [3.8, 4) is 28.3 Å². The minimum absolute atomic E-state index is 0.311. The average molecular weight is 1000 g/mol. The number of rotatable bonds is 11. The molecule has 0 unspecified atom stereocenters. The number of hydrogen-bond acceptors (Lipinski definition) is 11. The Kier molecular flexibility index (Phi) is 14.2. The Labute approximate surface area is 371 Å². The van der Waals surface area contributed by atoms with Crippen molar-refractivity contribution >= 4 is 84.8 Å². The van der Waals surface area contributed by atoms with Gasteiger partial charge >= 0.3 is 0 Å². The first-order valence-corrected chi connectivity index (χ1v) is 25.4. The summed E-state index contributed by atoms with van der Waals surface area (Å²) in [6.07, 6.45) is 1.02. The van der Waals surface area contributed by atoms with E-state index in [0.29, 0.717) is 77.7 Å². The highest BCUT2D eigenvalue weighted by Crippen LogP contribution is 2.33. The molecule has 0 saturated carbocycles. The fourth-order valence-corrected chi connectivity index (χ4v) is 13.3. The van der Waals surface area contributed by atoms with Crippen LogP contribution in [0.4, 0.5) is 10.3 Å². The molecular weight excluding hydrogens is 957 g/mol. The molecule has 310 valence electrons. The van der Waals surface area contributed by atoms with Crippen LogP contribution in [0.3, 0.4) is 0 Å². The van der Waals surface area contributed by atoms with Crippen molar-refractivity contribution < 1.29 is 21.6 Å². The number of benzene rings is 4. The number of anilines is 2. The van der Waals surface area contributed by atoms with E-state index in [2.05, 4.69) is 78.2 Å². The molecular formula is C42H44Br2N6O5S4. The number of sulfonamides is 2. The summed E-state index contributed by atoms with van der Waals surface area (Å²) in [6, 6.07) is 30.3. The van der Waals surface area contributed by atoms with Crippen LogP contribution in [0, 0.1) is 0 Å². The standard InChI is InChI=1S/C21H22BrN3O3S2.C21H22BrN3O2S2/c1-2-28-17-9-7-16(8-10-17)19-15-29-21(23-19)24-11-13-25(14-12-24)30(26,27)20-6-4-3-5-18(20)22;1-2-16-7-9-17(10-8-16)19-15-28-21(23-19)24-11-13-25(14-12-24)29(26,27)20-6-4-3-5-18(20)22/h3-10,15H,2,11-14H2,1H3;3-10,15H,2,11-14H2,1H3. The Bertz CT molecular complexity index is 2550. The third-order valence-corrected chi connectivity index (χ3v) is 17.7. The average Bonchev–Trinajstić information content (AvgIpc) is 3.97. The first-order valence-electron chi connectivity index (χ1n) is 19.2. The molecule has 2 fully saturated rings. The summed E-state index contributed by atoms with van der Waals surface area (Å²) in [4.78, 5) is 14.5. The van der Waals surface area contributed by atoms with Gasteiger partial charge in [-0.05, 0) is 99.3 Å². The van der Waals surface area contributed by atoms with Crippen molar-refractivity contribution in [3.05, 3.63) is 122 Å². The Balaban J connectivity index is 0.000000179. The lowest BCUT2D eigenvalue weighted by Crippen LogP contribution is -2.48. The molecule has 0 N–H and O–H groups in total. The summed E-state index contributed by atoms with van der Waals surface area (Å²) in [5, 5.41) is 5.96. The molecule has 6 aromatic rings. The predicted octanol–water partition coefficient (Wildman–Crippen LogP) is 9.13. The van der Waals surface area contributed by atoms with Crippen LogP contribution in [0.25, 0.3) is 22.5 Å². The van der Waals surface area contributed by atoms with E-state index in [1.165, 1.54) is 5.56 Å². The molecule has 4 heterocycles. The van der Waals surface area contributed by atoms with Gasteiger partial charge in [-0.3, -0.25) is 0 Å². The Morgan fingerprint density at radius 1 is 0.576 bits per heavy atom. The van der Waals surface area contributed by atoms with Crippen LogP contribution < -0.4 is 14.5 Å². The molecule has 2 aliphatic heterocycles. The first-order chi connectivity index (χ1) is 28.5. The van der Waals surface area contributed by atoms with Crippen molar-refractivity contribution in [1.29, 1.82) is 0 Å². The molecule has 0 aliphatic carbocycles. The third kappa shape index (κ3) is 10.1. The molecule has 0 radical (unpaired) electrons. The number of aryl methyl sites for hydroxylation is 1. The lowest BCUT2D eigenvalue weighted by atomic mass is 10.1. The quantitative estimate of drug-likeness (QED) is 0.125. The minimum atomic E-state index is -3.51. The van der Waals surface area contributed by atoms with Gasteiger partial charge in [0.25, 0.3) is 0 Å². The van der Waals surface area contributed by atoms with Gasteiger partial charge in [-0.15, -0.1) is 22.7 Å². The lowest BCUT2D eigenvalue weighted by Gasteiger charge is -2.33. The Hall–Kier alpha value is -3.68. The van der Waals surface area contributed by atoms with Crippen LogP contribution in [0.5, 0.6) is 5.75 Å². The maximum absolute atomic E-state index is 13.0. The van der Waals surface area contributed by atoms with Gasteiger partial charge in [0.1, 0.15) is 5.75 Å².